The Hall–Kier alpha value is -1.15. The van der Waals surface area contributed by atoms with Crippen molar-refractivity contribution in [3.8, 4) is 0 Å². The zero-order chi connectivity index (χ0) is 15.3. The van der Waals surface area contributed by atoms with Gasteiger partial charge in [-0.2, -0.15) is 4.31 Å². The summed E-state index contributed by atoms with van der Waals surface area (Å²) in [6.07, 6.45) is 0. The molecule has 1 aromatic rings. The van der Waals surface area contributed by atoms with Crippen LogP contribution in [-0.4, -0.2) is 57.1 Å². The van der Waals surface area contributed by atoms with Crippen molar-refractivity contribution < 1.29 is 13.2 Å². The zero-order valence-corrected chi connectivity index (χ0v) is 13.1. The van der Waals surface area contributed by atoms with Gasteiger partial charge in [-0.25, -0.2) is 8.42 Å². The van der Waals surface area contributed by atoms with E-state index in [1.54, 1.807) is 24.3 Å². The van der Waals surface area contributed by atoms with E-state index in [9.17, 15) is 13.2 Å². The van der Waals surface area contributed by atoms with Crippen LogP contribution in [0.5, 0.6) is 0 Å². The van der Waals surface area contributed by atoms with E-state index in [1.807, 2.05) is 0 Å². The number of amides is 1. The molecule has 1 fully saturated rings. The highest BCUT2D eigenvalue weighted by Crippen LogP contribution is 2.10. The van der Waals surface area contributed by atoms with Gasteiger partial charge in [0.05, 0.1) is 5.75 Å². The normalized spacial score (nSPS) is 16.6. The van der Waals surface area contributed by atoms with Gasteiger partial charge in [0.15, 0.2) is 0 Å². The maximum atomic E-state index is 12.1. The van der Waals surface area contributed by atoms with Crippen molar-refractivity contribution in [3.63, 3.8) is 0 Å². The minimum atomic E-state index is -3.32. The van der Waals surface area contributed by atoms with Crippen molar-refractivity contribution in [2.24, 2.45) is 0 Å². The molecule has 1 aliphatic heterocycles. The first-order chi connectivity index (χ1) is 9.99. The summed E-state index contributed by atoms with van der Waals surface area (Å²) in [7, 11) is -3.32. The van der Waals surface area contributed by atoms with Gasteiger partial charge in [-0.15, -0.1) is 0 Å². The van der Waals surface area contributed by atoms with Crippen LogP contribution in [0, 0.1) is 0 Å². The van der Waals surface area contributed by atoms with Crippen molar-refractivity contribution in [2.45, 2.75) is 0 Å². The van der Waals surface area contributed by atoms with Crippen LogP contribution in [0.15, 0.2) is 24.3 Å². The van der Waals surface area contributed by atoms with E-state index < -0.39 is 10.0 Å². The lowest BCUT2D eigenvalue weighted by atomic mass is 10.2. The number of sulfonamides is 1. The molecule has 8 heteroatoms. The molecule has 0 unspecified atom stereocenters. The highest BCUT2D eigenvalue weighted by atomic mass is 35.5. The van der Waals surface area contributed by atoms with Gasteiger partial charge in [0.2, 0.25) is 10.0 Å². The van der Waals surface area contributed by atoms with Crippen LogP contribution < -0.4 is 10.6 Å². The van der Waals surface area contributed by atoms with E-state index in [4.69, 9.17) is 11.6 Å². The highest BCUT2D eigenvalue weighted by molar-refractivity contribution is 7.89. The first-order valence-electron chi connectivity index (χ1n) is 6.71. The Bertz CT molecular complexity index is 600. The molecule has 21 heavy (non-hydrogen) atoms. The maximum Gasteiger partial charge on any atom is 0.251 e. The molecule has 1 aromatic carbocycles. The molecule has 0 spiro atoms. The molecule has 0 aromatic heterocycles. The number of nitrogens with zero attached hydrogens (tertiary/aromatic N) is 1. The number of hydrogen-bond acceptors (Lipinski definition) is 4. The predicted octanol–water partition coefficient (Wildman–Crippen LogP) is 0.305. The molecule has 0 radical (unpaired) electrons. The van der Waals surface area contributed by atoms with Crippen LogP contribution in [0.25, 0.3) is 0 Å². The first-order valence-corrected chi connectivity index (χ1v) is 8.70. The van der Waals surface area contributed by atoms with E-state index in [2.05, 4.69) is 10.6 Å². The Kier molecular flexibility index (Phi) is 5.58. The van der Waals surface area contributed by atoms with Crippen molar-refractivity contribution >= 4 is 27.5 Å². The van der Waals surface area contributed by atoms with Crippen molar-refractivity contribution in [1.82, 2.24) is 14.9 Å². The first kappa shape index (κ1) is 16.2. The fourth-order valence-electron chi connectivity index (χ4n) is 2.08. The molecular weight excluding hydrogens is 314 g/mol. The Morgan fingerprint density at radius 1 is 1.33 bits per heavy atom. The number of piperazine rings is 1. The Labute approximate surface area is 129 Å². The SMILES string of the molecule is O=C(NCCS(=O)(=O)N1CCNCC1)c1cccc(Cl)c1. The molecular formula is C13H18ClN3O3S. The van der Waals surface area contributed by atoms with Crippen LogP contribution in [0.3, 0.4) is 0 Å². The quantitative estimate of drug-likeness (QED) is 0.813. The maximum absolute atomic E-state index is 12.1. The lowest BCUT2D eigenvalue weighted by Crippen LogP contribution is -2.48. The van der Waals surface area contributed by atoms with Crippen molar-refractivity contribution in [3.05, 3.63) is 34.9 Å². The molecule has 2 rings (SSSR count). The van der Waals surface area contributed by atoms with Crippen LogP contribution in [0.2, 0.25) is 5.02 Å². The molecule has 0 aliphatic carbocycles. The summed E-state index contributed by atoms with van der Waals surface area (Å²) >= 11 is 5.81. The second-order valence-corrected chi connectivity index (χ2v) is 7.26. The number of hydrogen-bond donors (Lipinski definition) is 2. The van der Waals surface area contributed by atoms with Gasteiger partial charge < -0.3 is 10.6 Å². The summed E-state index contributed by atoms with van der Waals surface area (Å²) in [5, 5.41) is 6.17. The van der Waals surface area contributed by atoms with E-state index in [0.29, 0.717) is 36.8 Å². The van der Waals surface area contributed by atoms with Crippen molar-refractivity contribution in [1.29, 1.82) is 0 Å². The predicted molar refractivity (Wildman–Crippen MR) is 82.0 cm³/mol. The standard InChI is InChI=1S/C13H18ClN3O3S/c14-12-3-1-2-11(10-12)13(18)16-6-9-21(19,20)17-7-4-15-5-8-17/h1-3,10,15H,4-9H2,(H,16,18). The smallest absolute Gasteiger partial charge is 0.251 e. The third-order valence-electron chi connectivity index (χ3n) is 3.20. The minimum Gasteiger partial charge on any atom is -0.351 e. The largest absolute Gasteiger partial charge is 0.351 e. The third kappa shape index (κ3) is 4.67. The molecule has 6 nitrogen and oxygen atoms in total. The fraction of sp³-hybridized carbons (Fsp3) is 0.462. The topological polar surface area (TPSA) is 78.5 Å². The minimum absolute atomic E-state index is 0.0810. The van der Waals surface area contributed by atoms with E-state index >= 15 is 0 Å². The fourth-order valence-corrected chi connectivity index (χ4v) is 3.62. The lowest BCUT2D eigenvalue weighted by molar-refractivity contribution is 0.0956. The van der Waals surface area contributed by atoms with E-state index in [-0.39, 0.29) is 18.2 Å². The number of carbonyl (C=O) groups excluding carboxylic acids is 1. The summed E-state index contributed by atoms with van der Waals surface area (Å²) in [4.78, 5) is 11.9. The Morgan fingerprint density at radius 3 is 2.71 bits per heavy atom. The number of rotatable bonds is 5. The molecule has 0 bridgehead atoms. The zero-order valence-electron chi connectivity index (χ0n) is 11.5. The van der Waals surface area contributed by atoms with Gasteiger partial charge >= 0.3 is 0 Å². The molecule has 1 saturated heterocycles. The third-order valence-corrected chi connectivity index (χ3v) is 5.31. The summed E-state index contributed by atoms with van der Waals surface area (Å²) in [5.74, 6) is -0.424. The second-order valence-electron chi connectivity index (χ2n) is 4.73. The lowest BCUT2D eigenvalue weighted by Gasteiger charge is -2.26. The van der Waals surface area contributed by atoms with Gasteiger partial charge in [0.25, 0.3) is 5.91 Å². The summed E-state index contributed by atoms with van der Waals surface area (Å²) < 4.78 is 25.6. The Balaban J connectivity index is 1.84. The van der Waals surface area contributed by atoms with E-state index in [0.717, 1.165) is 0 Å². The van der Waals surface area contributed by atoms with Gasteiger partial charge in [-0.05, 0) is 18.2 Å². The number of halogens is 1. The number of carbonyl (C=O) groups is 1. The van der Waals surface area contributed by atoms with Crippen LogP contribution in [-0.2, 0) is 10.0 Å². The molecule has 1 amide bonds. The highest BCUT2D eigenvalue weighted by Gasteiger charge is 2.23. The number of nitrogens with one attached hydrogen (secondary N) is 2. The van der Waals surface area contributed by atoms with Gasteiger partial charge in [-0.1, -0.05) is 17.7 Å². The number of benzene rings is 1. The molecule has 1 aliphatic rings. The molecule has 0 atom stereocenters. The summed E-state index contributed by atoms with van der Waals surface area (Å²) in [6.45, 7) is 2.36. The van der Waals surface area contributed by atoms with Gasteiger partial charge in [-0.3, -0.25) is 4.79 Å². The van der Waals surface area contributed by atoms with Gasteiger partial charge in [0, 0.05) is 43.3 Å². The summed E-state index contributed by atoms with van der Waals surface area (Å²) in [6, 6.07) is 6.52. The second kappa shape index (κ2) is 7.22. The Morgan fingerprint density at radius 2 is 2.05 bits per heavy atom. The van der Waals surface area contributed by atoms with Crippen molar-refractivity contribution in [2.75, 3.05) is 38.5 Å². The van der Waals surface area contributed by atoms with Crippen LogP contribution in [0.1, 0.15) is 10.4 Å². The monoisotopic (exact) mass is 331 g/mol. The average molecular weight is 332 g/mol. The molecule has 2 N–H and O–H groups in total. The average Bonchev–Trinajstić information content (AvgIpc) is 2.48. The van der Waals surface area contributed by atoms with Crippen LogP contribution in [0.4, 0.5) is 0 Å². The van der Waals surface area contributed by atoms with Crippen LogP contribution >= 0.6 is 11.6 Å². The molecule has 116 valence electrons. The molecule has 1 heterocycles. The molecule has 0 saturated carbocycles. The van der Waals surface area contributed by atoms with Gasteiger partial charge in [0.1, 0.15) is 0 Å². The van der Waals surface area contributed by atoms with E-state index in [1.165, 1.54) is 4.31 Å². The summed E-state index contributed by atoms with van der Waals surface area (Å²) in [5.41, 5.74) is 0.419.